The highest BCUT2D eigenvalue weighted by Crippen LogP contribution is 2.26. The number of nitrogens with two attached hydrogens (primary N) is 1. The molecule has 2 atom stereocenters. The van der Waals surface area contributed by atoms with E-state index in [1.54, 1.807) is 6.92 Å². The molecule has 0 aliphatic carbocycles. The van der Waals surface area contributed by atoms with Crippen LogP contribution in [0.1, 0.15) is 27.2 Å². The van der Waals surface area contributed by atoms with Gasteiger partial charge in [0.1, 0.15) is 11.5 Å². The quantitative estimate of drug-likeness (QED) is 0.724. The molecule has 118 valence electrons. The summed E-state index contributed by atoms with van der Waals surface area (Å²) in [6, 6.07) is 0. The first kappa shape index (κ1) is 15.6. The lowest BCUT2D eigenvalue weighted by atomic mass is 10.0. The third-order valence-corrected chi connectivity index (χ3v) is 3.98. The van der Waals surface area contributed by atoms with E-state index in [-0.39, 0.29) is 17.7 Å². The summed E-state index contributed by atoms with van der Waals surface area (Å²) >= 11 is 0. The van der Waals surface area contributed by atoms with Gasteiger partial charge in [0.15, 0.2) is 0 Å². The number of aromatic nitrogens is 2. The van der Waals surface area contributed by atoms with Crippen LogP contribution in [0.15, 0.2) is 9.59 Å². The van der Waals surface area contributed by atoms with E-state index in [1.807, 2.05) is 18.7 Å². The minimum Gasteiger partial charge on any atom is -0.393 e. The number of nitrogens with zero attached hydrogens (tertiary/aromatic N) is 2. The molecule has 1 aliphatic rings. The van der Waals surface area contributed by atoms with Crippen molar-refractivity contribution in [3.05, 3.63) is 20.8 Å². The zero-order chi connectivity index (χ0) is 15.7. The van der Waals surface area contributed by atoms with Gasteiger partial charge in [-0.15, -0.1) is 0 Å². The third-order valence-electron chi connectivity index (χ3n) is 3.98. The molecule has 1 aromatic rings. The number of aliphatic hydroxyl groups is 1. The highest BCUT2D eigenvalue weighted by atomic mass is 16.3. The van der Waals surface area contributed by atoms with Crippen LogP contribution in [0.2, 0.25) is 0 Å². The van der Waals surface area contributed by atoms with Crippen LogP contribution in [0.5, 0.6) is 0 Å². The Hall–Kier alpha value is -1.76. The highest BCUT2D eigenvalue weighted by molar-refractivity contribution is 5.63. The van der Waals surface area contributed by atoms with E-state index in [4.69, 9.17) is 5.73 Å². The highest BCUT2D eigenvalue weighted by Gasteiger charge is 2.29. The Morgan fingerprint density at radius 3 is 2.57 bits per heavy atom. The van der Waals surface area contributed by atoms with E-state index in [9.17, 15) is 14.7 Å². The van der Waals surface area contributed by atoms with E-state index in [0.717, 1.165) is 6.42 Å². The summed E-state index contributed by atoms with van der Waals surface area (Å²) in [5.41, 5.74) is 5.49. The van der Waals surface area contributed by atoms with Crippen LogP contribution in [-0.2, 0) is 6.54 Å². The molecule has 2 heterocycles. The number of nitrogens with one attached hydrogen (secondary N) is 1. The van der Waals surface area contributed by atoms with Gasteiger partial charge >= 0.3 is 5.69 Å². The Kier molecular flexibility index (Phi) is 4.41. The summed E-state index contributed by atoms with van der Waals surface area (Å²) in [5, 5.41) is 9.67. The molecule has 0 radical (unpaired) electrons. The number of aliphatic hydroxyl groups excluding tert-OH is 1. The molecule has 4 N–H and O–H groups in total. The second-order valence-electron chi connectivity index (χ2n) is 6.23. The average Bonchev–Trinajstić information content (AvgIpc) is 2.83. The molecule has 0 amide bonds. The number of nitrogen functional groups attached to an aromatic ring is 1. The predicted octanol–water partition coefficient (Wildman–Crippen LogP) is -0.0181. The Balaban J connectivity index is 2.41. The molecule has 21 heavy (non-hydrogen) atoms. The molecular formula is C14H24N4O3. The van der Waals surface area contributed by atoms with Crippen molar-refractivity contribution in [2.45, 2.75) is 39.8 Å². The van der Waals surface area contributed by atoms with E-state index in [2.05, 4.69) is 4.98 Å². The van der Waals surface area contributed by atoms with Crippen molar-refractivity contribution in [3.8, 4) is 0 Å². The number of aromatic amines is 1. The summed E-state index contributed by atoms with van der Waals surface area (Å²) in [6.07, 6.45) is 0.386. The Bertz CT molecular complexity index is 618. The maximum atomic E-state index is 12.1. The van der Waals surface area contributed by atoms with Crippen molar-refractivity contribution in [2.75, 3.05) is 23.7 Å². The minimum atomic E-state index is -0.471. The van der Waals surface area contributed by atoms with Gasteiger partial charge in [0.05, 0.1) is 6.10 Å². The summed E-state index contributed by atoms with van der Waals surface area (Å²) in [4.78, 5) is 28.2. The van der Waals surface area contributed by atoms with Crippen LogP contribution < -0.4 is 21.9 Å². The van der Waals surface area contributed by atoms with Gasteiger partial charge in [0, 0.05) is 25.6 Å². The second-order valence-corrected chi connectivity index (χ2v) is 6.23. The van der Waals surface area contributed by atoms with Gasteiger partial charge in [0.25, 0.3) is 5.56 Å². The molecule has 2 unspecified atom stereocenters. The normalized spacial score (nSPS) is 20.2. The molecule has 1 aromatic heterocycles. The average molecular weight is 296 g/mol. The van der Waals surface area contributed by atoms with Crippen molar-refractivity contribution in [1.82, 2.24) is 9.55 Å². The molecule has 7 nitrogen and oxygen atoms in total. The zero-order valence-corrected chi connectivity index (χ0v) is 12.8. The largest absolute Gasteiger partial charge is 0.393 e. The van der Waals surface area contributed by atoms with Crippen LogP contribution >= 0.6 is 0 Å². The van der Waals surface area contributed by atoms with Gasteiger partial charge in [-0.05, 0) is 19.3 Å². The van der Waals surface area contributed by atoms with Gasteiger partial charge in [0.2, 0.25) is 0 Å². The molecule has 2 rings (SSSR count). The van der Waals surface area contributed by atoms with Gasteiger partial charge in [-0.2, -0.15) is 0 Å². The number of H-pyrrole nitrogens is 1. The lowest BCUT2D eigenvalue weighted by Gasteiger charge is -2.22. The Labute approximate surface area is 123 Å². The van der Waals surface area contributed by atoms with Crippen molar-refractivity contribution in [2.24, 2.45) is 11.8 Å². The smallest absolute Gasteiger partial charge is 0.330 e. The predicted molar refractivity (Wildman–Crippen MR) is 82.6 cm³/mol. The molecule has 1 fully saturated rings. The van der Waals surface area contributed by atoms with E-state index < -0.39 is 17.4 Å². The fraction of sp³-hybridized carbons (Fsp3) is 0.714. The SMILES string of the molecule is CC(C)Cn1c(N)c(N2CCC(C(C)O)C2)c(=O)[nH]c1=O. The number of hydrogen-bond donors (Lipinski definition) is 3. The summed E-state index contributed by atoms with van der Waals surface area (Å²) < 4.78 is 1.41. The number of hydrogen-bond acceptors (Lipinski definition) is 5. The molecular weight excluding hydrogens is 272 g/mol. The molecule has 0 aromatic carbocycles. The van der Waals surface area contributed by atoms with Gasteiger partial charge in [-0.3, -0.25) is 14.3 Å². The van der Waals surface area contributed by atoms with E-state index in [1.165, 1.54) is 4.57 Å². The molecule has 1 saturated heterocycles. The van der Waals surface area contributed by atoms with Crippen LogP contribution in [0.4, 0.5) is 11.5 Å². The van der Waals surface area contributed by atoms with Gasteiger partial charge in [-0.25, -0.2) is 4.79 Å². The maximum Gasteiger partial charge on any atom is 0.330 e. The topological polar surface area (TPSA) is 104 Å². The third kappa shape index (κ3) is 3.12. The summed E-state index contributed by atoms with van der Waals surface area (Å²) in [5.74, 6) is 0.575. The summed E-state index contributed by atoms with van der Waals surface area (Å²) in [7, 11) is 0. The number of rotatable bonds is 4. The van der Waals surface area contributed by atoms with Crippen LogP contribution in [0.25, 0.3) is 0 Å². The maximum absolute atomic E-state index is 12.1. The van der Waals surface area contributed by atoms with Crippen molar-refractivity contribution in [1.29, 1.82) is 0 Å². The fourth-order valence-corrected chi connectivity index (χ4v) is 2.81. The minimum absolute atomic E-state index is 0.120. The monoisotopic (exact) mass is 296 g/mol. The molecule has 7 heteroatoms. The van der Waals surface area contributed by atoms with Gasteiger partial charge < -0.3 is 15.7 Å². The van der Waals surface area contributed by atoms with Gasteiger partial charge in [-0.1, -0.05) is 13.8 Å². The van der Waals surface area contributed by atoms with Crippen LogP contribution in [0.3, 0.4) is 0 Å². The Morgan fingerprint density at radius 2 is 2.05 bits per heavy atom. The Morgan fingerprint density at radius 1 is 1.38 bits per heavy atom. The lowest BCUT2D eigenvalue weighted by Crippen LogP contribution is -2.38. The molecule has 0 bridgehead atoms. The number of anilines is 2. The van der Waals surface area contributed by atoms with E-state index in [0.29, 0.717) is 25.3 Å². The zero-order valence-electron chi connectivity index (χ0n) is 12.8. The van der Waals surface area contributed by atoms with Crippen LogP contribution in [-0.4, -0.2) is 33.9 Å². The van der Waals surface area contributed by atoms with E-state index >= 15 is 0 Å². The van der Waals surface area contributed by atoms with Crippen LogP contribution in [0, 0.1) is 11.8 Å². The standard InChI is InChI=1S/C14H24N4O3/c1-8(2)6-18-12(15)11(13(20)16-14(18)21)17-5-4-10(7-17)9(3)19/h8-10,19H,4-7,15H2,1-3H3,(H,16,20,21). The first-order valence-corrected chi connectivity index (χ1v) is 7.36. The fourth-order valence-electron chi connectivity index (χ4n) is 2.81. The lowest BCUT2D eigenvalue weighted by molar-refractivity contribution is 0.136. The van der Waals surface area contributed by atoms with Crippen molar-refractivity contribution in [3.63, 3.8) is 0 Å². The first-order valence-electron chi connectivity index (χ1n) is 7.36. The van der Waals surface area contributed by atoms with Crippen molar-refractivity contribution < 1.29 is 5.11 Å². The second kappa shape index (κ2) is 5.93. The molecule has 0 saturated carbocycles. The van der Waals surface area contributed by atoms with Crippen molar-refractivity contribution >= 4 is 11.5 Å². The molecule has 0 spiro atoms. The summed E-state index contributed by atoms with van der Waals surface area (Å²) in [6.45, 7) is 7.41. The first-order chi connectivity index (χ1) is 9.81. The molecule has 1 aliphatic heterocycles.